The molecule has 14 heavy (non-hydrogen) atoms. The second-order valence-corrected chi connectivity index (χ2v) is 2.97. The Morgan fingerprint density at radius 1 is 1.50 bits per heavy atom. The molecule has 0 saturated carbocycles. The summed E-state index contributed by atoms with van der Waals surface area (Å²) in [5.41, 5.74) is 0.459. The number of nitrogens with zero attached hydrogens (tertiary/aromatic N) is 3. The van der Waals surface area contributed by atoms with Gasteiger partial charge in [-0.15, -0.1) is 0 Å². The topological polar surface area (TPSA) is 72.5 Å². The molecule has 2 aromatic rings. The van der Waals surface area contributed by atoms with Crippen molar-refractivity contribution in [3.8, 4) is 11.5 Å². The second-order valence-electron chi connectivity index (χ2n) is 2.58. The molecular formula is C7H6FN5S. The molecule has 0 spiro atoms. The van der Waals surface area contributed by atoms with Gasteiger partial charge in [0.15, 0.2) is 5.82 Å². The molecule has 5 nitrogen and oxygen atoms in total. The number of rotatable bonds is 1. The molecule has 0 unspecified atom stereocenters. The van der Waals surface area contributed by atoms with E-state index in [1.165, 1.54) is 16.8 Å². The van der Waals surface area contributed by atoms with E-state index in [-0.39, 0.29) is 4.77 Å². The Balaban J connectivity index is 2.55. The molecule has 7 heteroatoms. The van der Waals surface area contributed by atoms with Crippen LogP contribution in [-0.4, -0.2) is 19.9 Å². The highest BCUT2D eigenvalue weighted by Gasteiger charge is 2.07. The van der Waals surface area contributed by atoms with Gasteiger partial charge >= 0.3 is 0 Å². The Morgan fingerprint density at radius 3 is 2.79 bits per heavy atom. The first-order chi connectivity index (χ1) is 6.68. The molecule has 3 N–H and O–H groups in total. The van der Waals surface area contributed by atoms with Crippen LogP contribution in [0.15, 0.2) is 18.3 Å². The lowest BCUT2D eigenvalue weighted by Gasteiger charge is -1.98. The van der Waals surface area contributed by atoms with Gasteiger partial charge in [0, 0.05) is 0 Å². The lowest BCUT2D eigenvalue weighted by atomic mass is 10.3. The van der Waals surface area contributed by atoms with Gasteiger partial charge in [0.05, 0.1) is 6.20 Å². The maximum Gasteiger partial charge on any atom is 0.214 e. The third kappa shape index (κ3) is 1.37. The molecule has 0 amide bonds. The molecule has 2 rings (SSSR count). The Hall–Kier alpha value is -1.76. The molecule has 72 valence electrons. The van der Waals surface area contributed by atoms with E-state index < -0.39 is 5.82 Å². The van der Waals surface area contributed by atoms with E-state index in [2.05, 4.69) is 15.2 Å². The average molecular weight is 211 g/mol. The molecule has 0 bridgehead atoms. The van der Waals surface area contributed by atoms with Crippen molar-refractivity contribution in [2.45, 2.75) is 0 Å². The van der Waals surface area contributed by atoms with E-state index in [0.29, 0.717) is 11.5 Å². The number of hydrogen-bond donors (Lipinski definition) is 2. The minimum Gasteiger partial charge on any atom is -0.335 e. The number of pyridine rings is 1. The largest absolute Gasteiger partial charge is 0.335 e. The molecular weight excluding hydrogens is 205 g/mol. The summed E-state index contributed by atoms with van der Waals surface area (Å²) < 4.78 is 14.0. The van der Waals surface area contributed by atoms with Crippen molar-refractivity contribution >= 4 is 12.2 Å². The Morgan fingerprint density at radius 2 is 2.29 bits per heavy atom. The van der Waals surface area contributed by atoms with Gasteiger partial charge in [-0.05, 0) is 24.4 Å². The highest BCUT2D eigenvalue weighted by Crippen LogP contribution is 2.11. The standard InChI is InChI=1S/C7H6FN5S/c8-4-1-2-5(10-3-4)6-11-12-7(14)13(6)9/h1-3H,9H2,(H,12,14). The van der Waals surface area contributed by atoms with E-state index in [0.717, 1.165) is 6.20 Å². The fourth-order valence-corrected chi connectivity index (χ4v) is 1.13. The first kappa shape index (κ1) is 8.82. The number of aromatic nitrogens is 4. The summed E-state index contributed by atoms with van der Waals surface area (Å²) >= 11 is 4.82. The van der Waals surface area contributed by atoms with Gasteiger partial charge in [-0.25, -0.2) is 19.1 Å². The molecule has 0 fully saturated rings. The zero-order valence-corrected chi connectivity index (χ0v) is 7.75. The van der Waals surface area contributed by atoms with Crippen molar-refractivity contribution in [1.82, 2.24) is 19.9 Å². The Kier molecular flexibility index (Phi) is 2.01. The highest BCUT2D eigenvalue weighted by molar-refractivity contribution is 7.71. The van der Waals surface area contributed by atoms with Gasteiger partial charge in [0.1, 0.15) is 11.5 Å². The normalized spacial score (nSPS) is 10.4. The highest BCUT2D eigenvalue weighted by atomic mass is 32.1. The van der Waals surface area contributed by atoms with Crippen molar-refractivity contribution in [3.05, 3.63) is 28.9 Å². The van der Waals surface area contributed by atoms with Gasteiger partial charge < -0.3 is 5.84 Å². The van der Waals surface area contributed by atoms with Crippen LogP contribution in [0.25, 0.3) is 11.5 Å². The van der Waals surface area contributed by atoms with Crippen molar-refractivity contribution in [2.75, 3.05) is 5.84 Å². The van der Waals surface area contributed by atoms with E-state index in [9.17, 15) is 4.39 Å². The molecule has 0 aliphatic carbocycles. The van der Waals surface area contributed by atoms with Crippen LogP contribution in [0.2, 0.25) is 0 Å². The zero-order chi connectivity index (χ0) is 10.1. The van der Waals surface area contributed by atoms with Crippen molar-refractivity contribution in [1.29, 1.82) is 0 Å². The Bertz CT molecular complexity index is 500. The number of halogens is 1. The average Bonchev–Trinajstić information content (AvgIpc) is 2.50. The summed E-state index contributed by atoms with van der Waals surface area (Å²) in [6, 6.07) is 2.75. The van der Waals surface area contributed by atoms with Crippen LogP contribution in [0.3, 0.4) is 0 Å². The summed E-state index contributed by atoms with van der Waals surface area (Å²) in [6.45, 7) is 0. The number of nitrogen functional groups attached to an aromatic ring is 1. The number of nitrogens with two attached hydrogens (primary N) is 1. The molecule has 0 aliphatic rings. The predicted octanol–water partition coefficient (Wildman–Crippen LogP) is 0.856. The van der Waals surface area contributed by atoms with E-state index in [4.69, 9.17) is 18.1 Å². The van der Waals surface area contributed by atoms with Crippen LogP contribution >= 0.6 is 12.2 Å². The lowest BCUT2D eigenvalue weighted by Crippen LogP contribution is -2.10. The van der Waals surface area contributed by atoms with Crippen LogP contribution in [-0.2, 0) is 0 Å². The summed E-state index contributed by atoms with van der Waals surface area (Å²) in [7, 11) is 0. The molecule has 0 atom stereocenters. The van der Waals surface area contributed by atoms with Crippen LogP contribution in [0.5, 0.6) is 0 Å². The van der Waals surface area contributed by atoms with E-state index in [1.807, 2.05) is 0 Å². The summed E-state index contributed by atoms with van der Waals surface area (Å²) in [6.07, 6.45) is 1.09. The molecule has 0 radical (unpaired) electrons. The fraction of sp³-hybridized carbons (Fsp3) is 0. The summed E-state index contributed by atoms with van der Waals surface area (Å²) in [5, 5.41) is 6.36. The maximum atomic E-state index is 12.6. The minimum absolute atomic E-state index is 0.283. The van der Waals surface area contributed by atoms with Crippen molar-refractivity contribution in [2.24, 2.45) is 0 Å². The van der Waals surface area contributed by atoms with E-state index in [1.54, 1.807) is 0 Å². The number of nitrogens with one attached hydrogen (secondary N) is 1. The molecule has 0 aromatic carbocycles. The maximum absolute atomic E-state index is 12.6. The lowest BCUT2D eigenvalue weighted by molar-refractivity contribution is 0.621. The van der Waals surface area contributed by atoms with Crippen LogP contribution < -0.4 is 5.84 Å². The first-order valence-electron chi connectivity index (χ1n) is 3.73. The quantitative estimate of drug-likeness (QED) is 0.542. The summed E-state index contributed by atoms with van der Waals surface area (Å²) in [5.74, 6) is 5.52. The van der Waals surface area contributed by atoms with Gasteiger partial charge in [-0.3, -0.25) is 0 Å². The third-order valence-electron chi connectivity index (χ3n) is 1.66. The molecule has 0 aliphatic heterocycles. The molecule has 2 heterocycles. The monoisotopic (exact) mass is 211 g/mol. The smallest absolute Gasteiger partial charge is 0.214 e. The fourth-order valence-electron chi connectivity index (χ4n) is 0.993. The summed E-state index contributed by atoms with van der Waals surface area (Å²) in [4.78, 5) is 3.82. The first-order valence-corrected chi connectivity index (χ1v) is 4.14. The third-order valence-corrected chi connectivity index (χ3v) is 1.95. The predicted molar refractivity (Wildman–Crippen MR) is 50.8 cm³/mol. The van der Waals surface area contributed by atoms with Gasteiger partial charge in [-0.2, -0.15) is 5.10 Å². The Labute approximate surface area is 83.4 Å². The molecule has 0 saturated heterocycles. The number of aromatic amines is 1. The SMILES string of the molecule is Nn1c(-c2ccc(F)cn2)n[nH]c1=S. The number of H-pyrrole nitrogens is 1. The second kappa shape index (κ2) is 3.18. The van der Waals surface area contributed by atoms with Crippen molar-refractivity contribution in [3.63, 3.8) is 0 Å². The molecule has 2 aromatic heterocycles. The van der Waals surface area contributed by atoms with Gasteiger partial charge in [0.2, 0.25) is 4.77 Å². The van der Waals surface area contributed by atoms with E-state index >= 15 is 0 Å². The zero-order valence-electron chi connectivity index (χ0n) is 6.94. The van der Waals surface area contributed by atoms with Crippen LogP contribution in [0.4, 0.5) is 4.39 Å². The van der Waals surface area contributed by atoms with Gasteiger partial charge in [-0.1, -0.05) is 0 Å². The van der Waals surface area contributed by atoms with Gasteiger partial charge in [0.25, 0.3) is 0 Å². The minimum atomic E-state index is -0.411. The van der Waals surface area contributed by atoms with Crippen LogP contribution in [0, 0.1) is 10.6 Å². The van der Waals surface area contributed by atoms with Crippen molar-refractivity contribution < 1.29 is 4.39 Å². The number of hydrogen-bond acceptors (Lipinski definition) is 4. The van der Waals surface area contributed by atoms with Crippen LogP contribution in [0.1, 0.15) is 0 Å².